The quantitative estimate of drug-likeness (QED) is 0.873. The van der Waals surface area contributed by atoms with E-state index in [0.29, 0.717) is 25.3 Å². The first kappa shape index (κ1) is 16.9. The second kappa shape index (κ2) is 7.77. The van der Waals surface area contributed by atoms with Gasteiger partial charge in [0.25, 0.3) is 0 Å². The molecule has 5 heteroatoms. The molecule has 1 saturated heterocycles. The maximum absolute atomic E-state index is 12.4. The average Bonchev–Trinajstić information content (AvgIpc) is 3.40. The summed E-state index contributed by atoms with van der Waals surface area (Å²) < 4.78 is 0. The number of carbonyl (C=O) groups is 2. The Kier molecular flexibility index (Phi) is 5.48. The monoisotopic (exact) mass is 329 g/mol. The summed E-state index contributed by atoms with van der Waals surface area (Å²) in [7, 11) is 0. The zero-order valence-electron chi connectivity index (χ0n) is 14.5. The Labute approximate surface area is 143 Å². The number of aromatic nitrogens is 1. The van der Waals surface area contributed by atoms with E-state index in [4.69, 9.17) is 0 Å². The average molecular weight is 329 g/mol. The molecular weight excluding hydrogens is 302 g/mol. The van der Waals surface area contributed by atoms with Crippen LogP contribution in [0.5, 0.6) is 0 Å². The summed E-state index contributed by atoms with van der Waals surface area (Å²) in [6.45, 7) is 3.36. The third-order valence-corrected chi connectivity index (χ3v) is 5.03. The Morgan fingerprint density at radius 3 is 2.96 bits per heavy atom. The Morgan fingerprint density at radius 2 is 2.21 bits per heavy atom. The maximum Gasteiger partial charge on any atom is 0.222 e. The Balaban J connectivity index is 1.56. The van der Waals surface area contributed by atoms with Gasteiger partial charge in [-0.2, -0.15) is 0 Å². The number of hydrogen-bond acceptors (Lipinski definition) is 3. The fourth-order valence-corrected chi connectivity index (χ4v) is 3.42. The fourth-order valence-electron chi connectivity index (χ4n) is 3.42. The molecule has 3 rings (SSSR count). The van der Waals surface area contributed by atoms with Gasteiger partial charge in [0, 0.05) is 32.1 Å². The molecule has 1 N–H and O–H groups in total. The number of pyridine rings is 1. The van der Waals surface area contributed by atoms with E-state index in [1.807, 2.05) is 24.0 Å². The van der Waals surface area contributed by atoms with Crippen LogP contribution >= 0.6 is 0 Å². The van der Waals surface area contributed by atoms with E-state index in [0.717, 1.165) is 49.9 Å². The van der Waals surface area contributed by atoms with Crippen LogP contribution in [0, 0.1) is 12.8 Å². The van der Waals surface area contributed by atoms with Crippen molar-refractivity contribution in [2.75, 3.05) is 13.1 Å². The normalized spacial score (nSPS) is 19.7. The van der Waals surface area contributed by atoms with E-state index in [1.165, 1.54) is 0 Å². The van der Waals surface area contributed by atoms with Crippen LogP contribution in [0.1, 0.15) is 62.2 Å². The molecule has 1 aromatic heterocycles. The summed E-state index contributed by atoms with van der Waals surface area (Å²) in [5.41, 5.74) is 2.11. The number of nitrogens with one attached hydrogen (secondary N) is 1. The topological polar surface area (TPSA) is 62.3 Å². The summed E-state index contributed by atoms with van der Waals surface area (Å²) in [4.78, 5) is 30.8. The van der Waals surface area contributed by atoms with Crippen molar-refractivity contribution in [2.24, 2.45) is 5.92 Å². The van der Waals surface area contributed by atoms with Crippen molar-refractivity contribution in [3.8, 4) is 0 Å². The first-order valence-corrected chi connectivity index (χ1v) is 9.14. The van der Waals surface area contributed by atoms with Crippen LogP contribution < -0.4 is 5.32 Å². The fraction of sp³-hybridized carbons (Fsp3) is 0.632. The molecule has 0 spiro atoms. The van der Waals surface area contributed by atoms with Crippen LogP contribution in [0.3, 0.4) is 0 Å². The minimum atomic E-state index is 0.0125. The third-order valence-electron chi connectivity index (χ3n) is 5.03. The smallest absolute Gasteiger partial charge is 0.222 e. The van der Waals surface area contributed by atoms with E-state index in [9.17, 15) is 9.59 Å². The van der Waals surface area contributed by atoms with Gasteiger partial charge in [-0.1, -0.05) is 12.5 Å². The molecule has 0 unspecified atom stereocenters. The minimum Gasteiger partial charge on any atom is -0.347 e. The van der Waals surface area contributed by atoms with Gasteiger partial charge in [0.05, 0.1) is 11.7 Å². The maximum atomic E-state index is 12.4. The largest absolute Gasteiger partial charge is 0.347 e. The van der Waals surface area contributed by atoms with Gasteiger partial charge in [0.2, 0.25) is 11.8 Å². The van der Waals surface area contributed by atoms with E-state index >= 15 is 0 Å². The van der Waals surface area contributed by atoms with E-state index in [-0.39, 0.29) is 17.9 Å². The highest BCUT2D eigenvalue weighted by Gasteiger charge is 2.35. The van der Waals surface area contributed by atoms with E-state index < -0.39 is 0 Å². The lowest BCUT2D eigenvalue weighted by Crippen LogP contribution is -2.36. The van der Waals surface area contributed by atoms with Gasteiger partial charge in [0.1, 0.15) is 0 Å². The second-order valence-electron chi connectivity index (χ2n) is 7.03. The van der Waals surface area contributed by atoms with Crippen molar-refractivity contribution in [2.45, 2.75) is 57.9 Å². The molecule has 1 aromatic rings. The van der Waals surface area contributed by atoms with Crippen molar-refractivity contribution >= 4 is 11.8 Å². The molecule has 2 aliphatic rings. The molecular formula is C19H27N3O2. The molecule has 1 saturated carbocycles. The number of nitrogens with zero attached hydrogens (tertiary/aromatic N) is 2. The van der Waals surface area contributed by atoms with Crippen LogP contribution in [0.15, 0.2) is 18.3 Å². The molecule has 2 heterocycles. The van der Waals surface area contributed by atoms with Crippen molar-refractivity contribution in [1.29, 1.82) is 0 Å². The Bertz CT molecular complexity index is 598. The predicted molar refractivity (Wildman–Crippen MR) is 92.2 cm³/mol. The number of amides is 2. The molecule has 24 heavy (non-hydrogen) atoms. The molecule has 5 nitrogen and oxygen atoms in total. The Hall–Kier alpha value is -1.91. The SMILES string of the molecule is Cc1cccnc1[C@H](NC(=O)CCN1CCCCCC1=O)C1CC1. The van der Waals surface area contributed by atoms with Crippen molar-refractivity contribution in [1.82, 2.24) is 15.2 Å². The highest BCUT2D eigenvalue weighted by molar-refractivity contribution is 5.79. The van der Waals surface area contributed by atoms with Crippen molar-refractivity contribution in [3.63, 3.8) is 0 Å². The van der Waals surface area contributed by atoms with Crippen LogP contribution in [0.25, 0.3) is 0 Å². The first-order valence-electron chi connectivity index (χ1n) is 9.14. The Morgan fingerprint density at radius 1 is 1.38 bits per heavy atom. The van der Waals surface area contributed by atoms with Gasteiger partial charge >= 0.3 is 0 Å². The standard InChI is InChI=1S/C19H27N3O2/c1-14-6-5-11-20-18(14)19(15-8-9-15)21-16(23)10-13-22-12-4-2-3-7-17(22)24/h5-6,11,15,19H,2-4,7-10,12-13H2,1H3,(H,21,23)/t19-/m1/s1. The molecule has 0 radical (unpaired) electrons. The van der Waals surface area contributed by atoms with Gasteiger partial charge < -0.3 is 10.2 Å². The van der Waals surface area contributed by atoms with Gasteiger partial charge in [-0.3, -0.25) is 14.6 Å². The zero-order valence-corrected chi connectivity index (χ0v) is 14.5. The number of rotatable bonds is 6. The molecule has 1 aliphatic heterocycles. The molecule has 130 valence electrons. The molecule has 0 aromatic carbocycles. The van der Waals surface area contributed by atoms with Crippen LogP contribution in [-0.2, 0) is 9.59 Å². The number of aryl methyl sites for hydroxylation is 1. The second-order valence-corrected chi connectivity index (χ2v) is 7.03. The summed E-state index contributed by atoms with van der Waals surface area (Å²) in [6.07, 6.45) is 8.21. The summed E-state index contributed by atoms with van der Waals surface area (Å²) in [5.74, 6) is 0.719. The molecule has 0 bridgehead atoms. The number of hydrogen-bond donors (Lipinski definition) is 1. The van der Waals surface area contributed by atoms with Crippen molar-refractivity contribution in [3.05, 3.63) is 29.6 Å². The van der Waals surface area contributed by atoms with Gasteiger partial charge in [0.15, 0.2) is 0 Å². The van der Waals surface area contributed by atoms with Crippen LogP contribution in [0.2, 0.25) is 0 Å². The van der Waals surface area contributed by atoms with Gasteiger partial charge in [-0.05, 0) is 50.2 Å². The zero-order chi connectivity index (χ0) is 16.9. The highest BCUT2D eigenvalue weighted by atomic mass is 16.2. The summed E-state index contributed by atoms with van der Waals surface area (Å²) in [5, 5.41) is 3.17. The molecule has 1 atom stereocenters. The molecule has 1 aliphatic carbocycles. The van der Waals surface area contributed by atoms with E-state index in [1.54, 1.807) is 6.20 Å². The van der Waals surface area contributed by atoms with Crippen LogP contribution in [-0.4, -0.2) is 34.8 Å². The lowest BCUT2D eigenvalue weighted by Gasteiger charge is -2.22. The van der Waals surface area contributed by atoms with Gasteiger partial charge in [-0.25, -0.2) is 0 Å². The highest BCUT2D eigenvalue weighted by Crippen LogP contribution is 2.41. The number of likely N-dealkylation sites (tertiary alicyclic amines) is 1. The molecule has 2 fully saturated rings. The summed E-state index contributed by atoms with van der Waals surface area (Å²) >= 11 is 0. The summed E-state index contributed by atoms with van der Waals surface area (Å²) in [6, 6.07) is 3.98. The number of carbonyl (C=O) groups excluding carboxylic acids is 2. The van der Waals surface area contributed by atoms with Crippen LogP contribution in [0.4, 0.5) is 0 Å². The lowest BCUT2D eigenvalue weighted by atomic mass is 10.0. The first-order chi connectivity index (χ1) is 11.6. The van der Waals surface area contributed by atoms with Crippen molar-refractivity contribution < 1.29 is 9.59 Å². The third kappa shape index (κ3) is 4.34. The van der Waals surface area contributed by atoms with Gasteiger partial charge in [-0.15, -0.1) is 0 Å². The molecule has 2 amide bonds. The van der Waals surface area contributed by atoms with E-state index in [2.05, 4.69) is 10.3 Å². The predicted octanol–water partition coefficient (Wildman–Crippen LogP) is 2.75. The lowest BCUT2D eigenvalue weighted by molar-refractivity contribution is -0.131. The minimum absolute atomic E-state index is 0.0125.